The molecule has 0 spiro atoms. The van der Waals surface area contributed by atoms with Gasteiger partial charge in [-0.3, -0.25) is 4.79 Å². The van der Waals surface area contributed by atoms with Crippen molar-refractivity contribution in [2.24, 2.45) is 0 Å². The molecule has 0 aliphatic carbocycles. The van der Waals surface area contributed by atoms with Crippen LogP contribution in [0.15, 0.2) is 24.3 Å². The summed E-state index contributed by atoms with van der Waals surface area (Å²) < 4.78 is 0. The highest BCUT2D eigenvalue weighted by Gasteiger charge is 2.01. The van der Waals surface area contributed by atoms with Crippen molar-refractivity contribution in [3.8, 4) is 5.75 Å². The lowest BCUT2D eigenvalue weighted by Crippen LogP contribution is -2.24. The first-order valence-electron chi connectivity index (χ1n) is 13.8. The average Bonchev–Trinajstić information content (AvgIpc) is 2.80. The van der Waals surface area contributed by atoms with E-state index in [0.717, 1.165) is 25.8 Å². The summed E-state index contributed by atoms with van der Waals surface area (Å²) in [5, 5.41) is 12.3. The van der Waals surface area contributed by atoms with Gasteiger partial charge in [-0.15, -0.1) is 0 Å². The van der Waals surface area contributed by atoms with Crippen molar-refractivity contribution in [3.63, 3.8) is 0 Å². The molecule has 32 heavy (non-hydrogen) atoms. The quantitative estimate of drug-likeness (QED) is 0.176. The van der Waals surface area contributed by atoms with Gasteiger partial charge in [-0.2, -0.15) is 0 Å². The summed E-state index contributed by atoms with van der Waals surface area (Å²) in [5.41, 5.74) is 1.20. The minimum Gasteiger partial charge on any atom is -0.508 e. The van der Waals surface area contributed by atoms with E-state index >= 15 is 0 Å². The maximum absolute atomic E-state index is 11.9. The van der Waals surface area contributed by atoms with E-state index in [1.807, 2.05) is 12.1 Å². The van der Waals surface area contributed by atoms with Gasteiger partial charge in [0.15, 0.2) is 0 Å². The van der Waals surface area contributed by atoms with E-state index in [-0.39, 0.29) is 5.91 Å². The van der Waals surface area contributed by atoms with Crippen molar-refractivity contribution < 1.29 is 9.90 Å². The maximum atomic E-state index is 11.9. The molecule has 0 saturated heterocycles. The molecule has 1 aromatic rings. The Hall–Kier alpha value is -1.51. The molecule has 0 saturated carbocycles. The zero-order valence-corrected chi connectivity index (χ0v) is 21.0. The van der Waals surface area contributed by atoms with Crippen LogP contribution in [0.25, 0.3) is 0 Å². The Balaban J connectivity index is 1.75. The first-order valence-corrected chi connectivity index (χ1v) is 13.8. The average molecular weight is 446 g/mol. The zero-order chi connectivity index (χ0) is 23.1. The Kier molecular flexibility index (Phi) is 19.0. The monoisotopic (exact) mass is 445 g/mol. The second kappa shape index (κ2) is 21.3. The summed E-state index contributed by atoms with van der Waals surface area (Å²) >= 11 is 0. The van der Waals surface area contributed by atoms with Crippen molar-refractivity contribution in [2.75, 3.05) is 6.54 Å². The molecule has 2 N–H and O–H groups in total. The van der Waals surface area contributed by atoms with Gasteiger partial charge in [-0.1, -0.05) is 122 Å². The summed E-state index contributed by atoms with van der Waals surface area (Å²) in [5.74, 6) is 0.493. The Morgan fingerprint density at radius 2 is 1.09 bits per heavy atom. The van der Waals surface area contributed by atoms with Gasteiger partial charge in [0, 0.05) is 13.0 Å². The standard InChI is InChI=1S/C29H51NO2/c1-2-3-4-5-6-7-8-9-10-11-12-13-14-15-16-17-18-21-29(32)30-26-19-20-27-22-24-28(31)25-23-27/h22-25,31H,2-21,26H2,1H3,(H,30,32). The van der Waals surface area contributed by atoms with Crippen molar-refractivity contribution in [1.29, 1.82) is 0 Å². The van der Waals surface area contributed by atoms with Crippen molar-refractivity contribution in [3.05, 3.63) is 29.8 Å². The van der Waals surface area contributed by atoms with Gasteiger partial charge in [0.1, 0.15) is 5.75 Å². The number of unbranched alkanes of at least 4 members (excludes halogenated alkanes) is 16. The smallest absolute Gasteiger partial charge is 0.219 e. The van der Waals surface area contributed by atoms with Crippen LogP contribution in [0.4, 0.5) is 0 Å². The number of phenolic OH excluding ortho intramolecular Hbond substituents is 1. The van der Waals surface area contributed by atoms with Crippen LogP contribution in [0.2, 0.25) is 0 Å². The summed E-state index contributed by atoms with van der Waals surface area (Å²) in [4.78, 5) is 11.9. The molecule has 0 bridgehead atoms. The summed E-state index contributed by atoms with van der Waals surface area (Å²) in [6, 6.07) is 7.31. The lowest BCUT2D eigenvalue weighted by atomic mass is 10.0. The fourth-order valence-electron chi connectivity index (χ4n) is 4.28. The second-order valence-electron chi connectivity index (χ2n) is 9.53. The van der Waals surface area contributed by atoms with E-state index in [1.165, 1.54) is 108 Å². The van der Waals surface area contributed by atoms with Gasteiger partial charge in [-0.25, -0.2) is 0 Å². The first kappa shape index (κ1) is 28.5. The number of aromatic hydroxyl groups is 1. The van der Waals surface area contributed by atoms with Crippen molar-refractivity contribution in [2.45, 2.75) is 135 Å². The van der Waals surface area contributed by atoms with Crippen LogP contribution < -0.4 is 5.32 Å². The molecule has 0 heterocycles. The largest absolute Gasteiger partial charge is 0.508 e. The molecule has 0 fully saturated rings. The Morgan fingerprint density at radius 1 is 0.656 bits per heavy atom. The van der Waals surface area contributed by atoms with Crippen LogP contribution in [0.1, 0.15) is 134 Å². The first-order chi connectivity index (χ1) is 15.7. The SMILES string of the molecule is CCCCCCCCCCCCCCCCCCCC(=O)NCCCc1ccc(O)cc1. The predicted molar refractivity (Wildman–Crippen MR) is 138 cm³/mol. The number of benzene rings is 1. The normalized spacial score (nSPS) is 11.0. The molecule has 1 amide bonds. The minimum absolute atomic E-state index is 0.191. The predicted octanol–water partition coefficient (Wildman–Crippen LogP) is 8.48. The molecule has 0 unspecified atom stereocenters. The number of aryl methyl sites for hydroxylation is 1. The van der Waals surface area contributed by atoms with E-state index < -0.39 is 0 Å². The number of hydrogen-bond acceptors (Lipinski definition) is 2. The molecular formula is C29H51NO2. The van der Waals surface area contributed by atoms with Gasteiger partial charge in [0.25, 0.3) is 0 Å². The lowest BCUT2D eigenvalue weighted by Gasteiger charge is -2.06. The van der Waals surface area contributed by atoms with Gasteiger partial charge in [0.05, 0.1) is 0 Å². The number of carbonyl (C=O) groups is 1. The van der Waals surface area contributed by atoms with E-state index in [1.54, 1.807) is 12.1 Å². The van der Waals surface area contributed by atoms with Crippen LogP contribution >= 0.6 is 0 Å². The number of nitrogens with one attached hydrogen (secondary N) is 1. The molecule has 1 aromatic carbocycles. The fourth-order valence-corrected chi connectivity index (χ4v) is 4.28. The number of phenols is 1. The summed E-state index contributed by atoms with van der Waals surface area (Å²) in [6.45, 7) is 3.02. The van der Waals surface area contributed by atoms with E-state index in [9.17, 15) is 9.90 Å². The van der Waals surface area contributed by atoms with Crippen LogP contribution in [-0.2, 0) is 11.2 Å². The van der Waals surface area contributed by atoms with Gasteiger partial charge >= 0.3 is 0 Å². The highest BCUT2D eigenvalue weighted by molar-refractivity contribution is 5.75. The zero-order valence-electron chi connectivity index (χ0n) is 21.0. The van der Waals surface area contributed by atoms with Crippen molar-refractivity contribution in [1.82, 2.24) is 5.32 Å². The molecule has 0 radical (unpaired) electrons. The maximum Gasteiger partial charge on any atom is 0.219 e. The van der Waals surface area contributed by atoms with Crippen molar-refractivity contribution >= 4 is 5.91 Å². The third-order valence-corrected chi connectivity index (χ3v) is 6.41. The summed E-state index contributed by atoms with van der Waals surface area (Å²) in [7, 11) is 0. The van der Waals surface area contributed by atoms with E-state index in [0.29, 0.717) is 12.2 Å². The Morgan fingerprint density at radius 3 is 1.56 bits per heavy atom. The molecule has 0 atom stereocenters. The number of amides is 1. The second-order valence-corrected chi connectivity index (χ2v) is 9.53. The molecule has 184 valence electrons. The van der Waals surface area contributed by atoms with Gasteiger partial charge in [0.2, 0.25) is 5.91 Å². The Labute approximate surface area is 198 Å². The highest BCUT2D eigenvalue weighted by Crippen LogP contribution is 2.14. The van der Waals surface area contributed by atoms with Crippen LogP contribution in [0.3, 0.4) is 0 Å². The topological polar surface area (TPSA) is 49.3 Å². The number of hydrogen-bond donors (Lipinski definition) is 2. The third-order valence-electron chi connectivity index (χ3n) is 6.41. The van der Waals surface area contributed by atoms with Crippen LogP contribution in [0, 0.1) is 0 Å². The Bertz CT molecular complexity index is 541. The van der Waals surface area contributed by atoms with E-state index in [4.69, 9.17) is 0 Å². The highest BCUT2D eigenvalue weighted by atomic mass is 16.3. The van der Waals surface area contributed by atoms with Crippen LogP contribution in [0.5, 0.6) is 5.75 Å². The molecule has 1 rings (SSSR count). The van der Waals surface area contributed by atoms with Gasteiger partial charge < -0.3 is 10.4 Å². The fraction of sp³-hybridized carbons (Fsp3) is 0.759. The molecular weight excluding hydrogens is 394 g/mol. The third kappa shape index (κ3) is 18.1. The minimum atomic E-state index is 0.191. The molecule has 3 nitrogen and oxygen atoms in total. The molecule has 3 heteroatoms. The number of carbonyl (C=O) groups excluding carboxylic acids is 1. The van der Waals surface area contributed by atoms with Crippen LogP contribution in [-0.4, -0.2) is 17.6 Å². The molecule has 0 aliphatic rings. The van der Waals surface area contributed by atoms with E-state index in [2.05, 4.69) is 12.2 Å². The number of rotatable bonds is 22. The summed E-state index contributed by atoms with van der Waals surface area (Å²) in [6.07, 6.45) is 25.8. The lowest BCUT2D eigenvalue weighted by molar-refractivity contribution is -0.121. The molecule has 0 aliphatic heterocycles. The molecule has 0 aromatic heterocycles. The van der Waals surface area contributed by atoms with Gasteiger partial charge in [-0.05, 0) is 37.0 Å².